The first-order valence-electron chi connectivity index (χ1n) is 7.88. The predicted octanol–water partition coefficient (Wildman–Crippen LogP) is 1.56. The highest BCUT2D eigenvalue weighted by Crippen LogP contribution is 2.08. The Kier molecular flexibility index (Phi) is 12.3. The number of hydrogen-bond donors (Lipinski definition) is 0. The summed E-state index contributed by atoms with van der Waals surface area (Å²) in [5.41, 5.74) is 0. The summed E-state index contributed by atoms with van der Waals surface area (Å²) in [7, 11) is 1.67. The van der Waals surface area contributed by atoms with E-state index in [9.17, 15) is 0 Å². The molecule has 0 N–H and O–H groups in total. The van der Waals surface area contributed by atoms with Gasteiger partial charge in [-0.3, -0.25) is 0 Å². The third-order valence-electron chi connectivity index (χ3n) is 3.39. The van der Waals surface area contributed by atoms with Crippen molar-refractivity contribution in [2.45, 2.75) is 25.7 Å². The highest BCUT2D eigenvalue weighted by molar-refractivity contribution is 4.63. The van der Waals surface area contributed by atoms with E-state index in [4.69, 9.17) is 18.9 Å². The quantitative estimate of drug-likeness (QED) is 0.481. The van der Waals surface area contributed by atoms with Crippen molar-refractivity contribution in [3.8, 4) is 0 Å². The molecule has 0 amide bonds. The molecular formula is C15H31NO4. The fraction of sp³-hybridized carbons (Fsp3) is 1.00. The van der Waals surface area contributed by atoms with Gasteiger partial charge in [0.25, 0.3) is 0 Å². The number of nitrogens with zero attached hydrogens (tertiary/aromatic N) is 1. The summed E-state index contributed by atoms with van der Waals surface area (Å²) < 4.78 is 21.1. The fourth-order valence-corrected chi connectivity index (χ4v) is 2.26. The average Bonchev–Trinajstić information content (AvgIpc) is 2.49. The molecular weight excluding hydrogens is 258 g/mol. The van der Waals surface area contributed by atoms with Gasteiger partial charge in [-0.05, 0) is 32.4 Å². The smallest absolute Gasteiger partial charge is 0.0701 e. The number of methoxy groups -OCH3 is 1. The molecule has 1 fully saturated rings. The molecule has 120 valence electrons. The number of piperidine rings is 1. The van der Waals surface area contributed by atoms with E-state index in [2.05, 4.69) is 4.90 Å². The summed E-state index contributed by atoms with van der Waals surface area (Å²) in [4.78, 5) is 2.54. The molecule has 0 atom stereocenters. The third kappa shape index (κ3) is 10.6. The van der Waals surface area contributed by atoms with Gasteiger partial charge in [0.05, 0.1) is 39.6 Å². The highest BCUT2D eigenvalue weighted by Gasteiger charge is 2.08. The van der Waals surface area contributed by atoms with Crippen LogP contribution in [-0.4, -0.2) is 77.9 Å². The van der Waals surface area contributed by atoms with E-state index in [0.29, 0.717) is 39.6 Å². The first kappa shape index (κ1) is 17.9. The molecule has 1 aliphatic rings. The normalized spacial score (nSPS) is 16.6. The van der Waals surface area contributed by atoms with Crippen molar-refractivity contribution >= 4 is 0 Å². The van der Waals surface area contributed by atoms with Crippen molar-refractivity contribution in [2.24, 2.45) is 0 Å². The average molecular weight is 289 g/mol. The van der Waals surface area contributed by atoms with Crippen LogP contribution >= 0.6 is 0 Å². The summed E-state index contributed by atoms with van der Waals surface area (Å²) in [6.45, 7) is 8.40. The van der Waals surface area contributed by atoms with E-state index < -0.39 is 0 Å². The van der Waals surface area contributed by atoms with Gasteiger partial charge in [-0.25, -0.2) is 0 Å². The fourth-order valence-electron chi connectivity index (χ4n) is 2.26. The van der Waals surface area contributed by atoms with Crippen LogP contribution in [0.25, 0.3) is 0 Å². The minimum atomic E-state index is 0.623. The van der Waals surface area contributed by atoms with Crippen LogP contribution in [0.5, 0.6) is 0 Å². The number of hydrogen-bond acceptors (Lipinski definition) is 5. The molecule has 5 nitrogen and oxygen atoms in total. The molecule has 1 saturated heterocycles. The van der Waals surface area contributed by atoms with Crippen molar-refractivity contribution < 1.29 is 18.9 Å². The van der Waals surface area contributed by atoms with Crippen molar-refractivity contribution in [3.05, 3.63) is 0 Å². The molecule has 20 heavy (non-hydrogen) atoms. The lowest BCUT2D eigenvalue weighted by molar-refractivity contribution is 0.00257. The van der Waals surface area contributed by atoms with Crippen LogP contribution < -0.4 is 0 Å². The van der Waals surface area contributed by atoms with E-state index in [0.717, 1.165) is 13.0 Å². The Labute approximate surface area is 123 Å². The minimum Gasteiger partial charge on any atom is -0.382 e. The Hall–Kier alpha value is -0.200. The molecule has 0 radical (unpaired) electrons. The molecule has 1 aliphatic heterocycles. The Morgan fingerprint density at radius 3 is 1.85 bits per heavy atom. The van der Waals surface area contributed by atoms with Gasteiger partial charge in [-0.1, -0.05) is 6.42 Å². The van der Waals surface area contributed by atoms with Gasteiger partial charge >= 0.3 is 0 Å². The second-order valence-corrected chi connectivity index (χ2v) is 5.09. The standard InChI is InChI=1S/C15H31NO4/c1-17-10-11-19-14-15-20-13-12-18-9-5-8-16-6-3-2-4-7-16/h2-15H2,1H3. The van der Waals surface area contributed by atoms with Crippen molar-refractivity contribution in [1.82, 2.24) is 4.90 Å². The van der Waals surface area contributed by atoms with Crippen LogP contribution in [0.3, 0.4) is 0 Å². The molecule has 0 unspecified atom stereocenters. The van der Waals surface area contributed by atoms with Gasteiger partial charge in [0.2, 0.25) is 0 Å². The van der Waals surface area contributed by atoms with Crippen LogP contribution in [-0.2, 0) is 18.9 Å². The monoisotopic (exact) mass is 289 g/mol. The summed E-state index contributed by atoms with van der Waals surface area (Å²) in [5, 5.41) is 0. The molecule has 1 rings (SSSR count). The number of ether oxygens (including phenoxy) is 4. The first-order valence-corrected chi connectivity index (χ1v) is 7.88. The number of rotatable bonds is 13. The van der Waals surface area contributed by atoms with Gasteiger partial charge in [-0.15, -0.1) is 0 Å². The Morgan fingerprint density at radius 2 is 1.25 bits per heavy atom. The van der Waals surface area contributed by atoms with Crippen molar-refractivity contribution in [2.75, 3.05) is 73.0 Å². The van der Waals surface area contributed by atoms with Gasteiger partial charge < -0.3 is 23.8 Å². The van der Waals surface area contributed by atoms with Gasteiger partial charge in [0, 0.05) is 20.3 Å². The minimum absolute atomic E-state index is 0.623. The van der Waals surface area contributed by atoms with Gasteiger partial charge in [0.15, 0.2) is 0 Å². The molecule has 0 aromatic heterocycles. The van der Waals surface area contributed by atoms with Crippen LogP contribution in [0.2, 0.25) is 0 Å². The maximum absolute atomic E-state index is 5.56. The lowest BCUT2D eigenvalue weighted by Crippen LogP contribution is -2.31. The van der Waals surface area contributed by atoms with Gasteiger partial charge in [-0.2, -0.15) is 0 Å². The second-order valence-electron chi connectivity index (χ2n) is 5.09. The van der Waals surface area contributed by atoms with Crippen molar-refractivity contribution in [1.29, 1.82) is 0 Å². The zero-order chi connectivity index (χ0) is 14.3. The molecule has 0 aliphatic carbocycles. The second kappa shape index (κ2) is 13.8. The van der Waals surface area contributed by atoms with Crippen LogP contribution in [0.15, 0.2) is 0 Å². The lowest BCUT2D eigenvalue weighted by Gasteiger charge is -2.26. The predicted molar refractivity (Wildman–Crippen MR) is 79.2 cm³/mol. The molecule has 0 spiro atoms. The zero-order valence-electron chi connectivity index (χ0n) is 13.0. The maximum atomic E-state index is 5.56. The van der Waals surface area contributed by atoms with Crippen LogP contribution in [0.4, 0.5) is 0 Å². The summed E-state index contributed by atoms with van der Waals surface area (Å²) >= 11 is 0. The van der Waals surface area contributed by atoms with Gasteiger partial charge in [0.1, 0.15) is 0 Å². The highest BCUT2D eigenvalue weighted by atomic mass is 16.6. The third-order valence-corrected chi connectivity index (χ3v) is 3.39. The summed E-state index contributed by atoms with van der Waals surface area (Å²) in [6, 6.07) is 0. The maximum Gasteiger partial charge on any atom is 0.0701 e. The molecule has 0 aromatic carbocycles. The number of likely N-dealkylation sites (tertiary alicyclic amines) is 1. The summed E-state index contributed by atoms with van der Waals surface area (Å²) in [6.07, 6.45) is 5.25. The molecule has 1 heterocycles. The lowest BCUT2D eigenvalue weighted by atomic mass is 10.1. The Morgan fingerprint density at radius 1 is 0.700 bits per heavy atom. The van der Waals surface area contributed by atoms with Crippen LogP contribution in [0, 0.1) is 0 Å². The zero-order valence-corrected chi connectivity index (χ0v) is 13.0. The Balaban J connectivity index is 1.70. The first-order chi connectivity index (χ1) is 9.93. The SMILES string of the molecule is COCCOCCOCCOCCCN1CCCCC1. The van der Waals surface area contributed by atoms with E-state index in [-0.39, 0.29) is 0 Å². The summed E-state index contributed by atoms with van der Waals surface area (Å²) in [5.74, 6) is 0. The molecule has 5 heteroatoms. The molecule has 0 aromatic rings. The van der Waals surface area contributed by atoms with Crippen molar-refractivity contribution in [3.63, 3.8) is 0 Å². The van der Waals surface area contributed by atoms with Crippen LogP contribution in [0.1, 0.15) is 25.7 Å². The topological polar surface area (TPSA) is 40.2 Å². The van der Waals surface area contributed by atoms with E-state index in [1.54, 1.807) is 7.11 Å². The molecule has 0 bridgehead atoms. The van der Waals surface area contributed by atoms with E-state index in [1.807, 2.05) is 0 Å². The largest absolute Gasteiger partial charge is 0.382 e. The Bertz CT molecular complexity index is 198. The molecule has 0 saturated carbocycles. The van der Waals surface area contributed by atoms with E-state index >= 15 is 0 Å². The van der Waals surface area contributed by atoms with E-state index in [1.165, 1.54) is 38.9 Å².